The Balaban J connectivity index is 1.31. The largest absolute Gasteiger partial charge is 0.497 e. The highest BCUT2D eigenvalue weighted by Crippen LogP contribution is 2.29. The van der Waals surface area contributed by atoms with Gasteiger partial charge in [0.2, 0.25) is 0 Å². The van der Waals surface area contributed by atoms with Gasteiger partial charge in [0.05, 0.1) is 22.7 Å². The number of piperidine rings is 1. The quantitative estimate of drug-likeness (QED) is 0.331. The van der Waals surface area contributed by atoms with E-state index in [9.17, 15) is 4.79 Å². The van der Waals surface area contributed by atoms with Crippen molar-refractivity contribution < 1.29 is 9.53 Å². The SMILES string of the molecule is COc1ccc(N(Cc2ccsc2)C2CCN(C(C)CCNC(=O)c3c(Cl)cncc3Cl)CC2)cc1. The summed E-state index contributed by atoms with van der Waals surface area (Å²) in [5, 5.41) is 7.85. The van der Waals surface area contributed by atoms with Crippen LogP contribution in [0, 0.1) is 0 Å². The van der Waals surface area contributed by atoms with Crippen molar-refractivity contribution in [1.82, 2.24) is 15.2 Å². The van der Waals surface area contributed by atoms with Crippen LogP contribution in [0.15, 0.2) is 53.5 Å². The number of carbonyl (C=O) groups excluding carboxylic acids is 1. The third-order valence-corrected chi connectivity index (χ3v) is 8.13. The molecule has 0 spiro atoms. The molecule has 1 atom stereocenters. The fourth-order valence-electron chi connectivity index (χ4n) is 4.72. The Morgan fingerprint density at radius 3 is 2.50 bits per heavy atom. The zero-order chi connectivity index (χ0) is 25.5. The van der Waals surface area contributed by atoms with Crippen molar-refractivity contribution in [2.45, 2.75) is 44.8 Å². The zero-order valence-electron chi connectivity index (χ0n) is 20.6. The number of nitrogens with zero attached hydrogens (tertiary/aromatic N) is 3. The molecule has 1 unspecified atom stereocenters. The fourth-order valence-corrected chi connectivity index (χ4v) is 5.91. The smallest absolute Gasteiger partial charge is 0.254 e. The molecule has 2 aromatic heterocycles. The first-order chi connectivity index (χ1) is 17.5. The molecule has 1 fully saturated rings. The molecule has 1 aliphatic heterocycles. The van der Waals surface area contributed by atoms with Crippen LogP contribution in [0.2, 0.25) is 10.0 Å². The molecule has 3 aromatic rings. The summed E-state index contributed by atoms with van der Waals surface area (Å²) in [6.45, 7) is 5.74. The molecule has 6 nitrogen and oxygen atoms in total. The molecule has 9 heteroatoms. The van der Waals surface area contributed by atoms with Gasteiger partial charge in [0.1, 0.15) is 5.75 Å². The molecule has 1 N–H and O–H groups in total. The lowest BCUT2D eigenvalue weighted by molar-refractivity contribution is 0.0945. The van der Waals surface area contributed by atoms with Crippen LogP contribution in [-0.4, -0.2) is 54.6 Å². The van der Waals surface area contributed by atoms with Gasteiger partial charge in [-0.1, -0.05) is 23.2 Å². The second kappa shape index (κ2) is 12.8. The number of hydrogen-bond acceptors (Lipinski definition) is 6. The first-order valence-corrected chi connectivity index (χ1v) is 13.9. The van der Waals surface area contributed by atoms with E-state index < -0.39 is 0 Å². The summed E-state index contributed by atoms with van der Waals surface area (Å²) in [6.07, 6.45) is 5.91. The van der Waals surface area contributed by atoms with E-state index in [0.717, 1.165) is 44.6 Å². The number of ether oxygens (including phenoxy) is 1. The molecule has 0 radical (unpaired) electrons. The summed E-state index contributed by atoms with van der Waals surface area (Å²) in [5.41, 5.74) is 2.85. The van der Waals surface area contributed by atoms with Gasteiger partial charge in [0.15, 0.2) is 0 Å². The normalized spacial score (nSPS) is 15.4. The van der Waals surface area contributed by atoms with Crippen molar-refractivity contribution in [3.8, 4) is 5.75 Å². The monoisotopic (exact) mass is 546 g/mol. The van der Waals surface area contributed by atoms with E-state index in [1.807, 2.05) is 12.1 Å². The van der Waals surface area contributed by atoms with Crippen LogP contribution in [0.5, 0.6) is 5.75 Å². The van der Waals surface area contributed by atoms with Gasteiger partial charge in [0.25, 0.3) is 5.91 Å². The minimum absolute atomic E-state index is 0.262. The van der Waals surface area contributed by atoms with Crippen molar-refractivity contribution in [2.75, 3.05) is 31.6 Å². The maximum absolute atomic E-state index is 12.5. The Hall–Kier alpha value is -2.32. The summed E-state index contributed by atoms with van der Waals surface area (Å²) < 4.78 is 5.36. The van der Waals surface area contributed by atoms with Gasteiger partial charge >= 0.3 is 0 Å². The topological polar surface area (TPSA) is 57.7 Å². The third kappa shape index (κ3) is 6.71. The molecule has 1 amide bonds. The Kier molecular flexibility index (Phi) is 9.48. The molecule has 1 aromatic carbocycles. The van der Waals surface area contributed by atoms with Crippen LogP contribution in [0.25, 0.3) is 0 Å². The minimum Gasteiger partial charge on any atom is -0.497 e. The summed E-state index contributed by atoms with van der Waals surface area (Å²) in [4.78, 5) is 21.5. The number of amides is 1. The molecule has 4 rings (SSSR count). The van der Waals surface area contributed by atoms with Crippen molar-refractivity contribution >= 4 is 46.1 Å². The summed E-state index contributed by atoms with van der Waals surface area (Å²) in [5.74, 6) is 0.611. The Morgan fingerprint density at radius 1 is 1.19 bits per heavy atom. The molecular formula is C27H32Cl2N4O2S. The van der Waals surface area contributed by atoms with E-state index in [0.29, 0.717) is 18.6 Å². The highest BCUT2D eigenvalue weighted by molar-refractivity contribution is 7.07. The molecule has 0 bridgehead atoms. The molecule has 1 aliphatic rings. The highest BCUT2D eigenvalue weighted by atomic mass is 35.5. The van der Waals surface area contributed by atoms with Gasteiger partial charge in [-0.3, -0.25) is 9.78 Å². The number of hydrogen-bond donors (Lipinski definition) is 1. The van der Waals surface area contributed by atoms with Crippen LogP contribution >= 0.6 is 34.5 Å². The number of thiophene rings is 1. The molecule has 1 saturated heterocycles. The number of carbonyl (C=O) groups is 1. The Labute approximate surface area is 227 Å². The molecule has 0 aliphatic carbocycles. The average molecular weight is 548 g/mol. The lowest BCUT2D eigenvalue weighted by Crippen LogP contribution is -2.48. The number of halogens is 2. The lowest BCUT2D eigenvalue weighted by Gasteiger charge is -2.42. The minimum atomic E-state index is -0.262. The van der Waals surface area contributed by atoms with E-state index >= 15 is 0 Å². The molecular weight excluding hydrogens is 515 g/mol. The number of likely N-dealkylation sites (tertiary alicyclic amines) is 1. The van der Waals surface area contributed by atoms with E-state index in [-0.39, 0.29) is 21.5 Å². The molecule has 192 valence electrons. The van der Waals surface area contributed by atoms with Crippen molar-refractivity contribution in [2.24, 2.45) is 0 Å². The van der Waals surface area contributed by atoms with Crippen LogP contribution < -0.4 is 15.0 Å². The van der Waals surface area contributed by atoms with Crippen LogP contribution in [0.1, 0.15) is 42.1 Å². The van der Waals surface area contributed by atoms with Crippen LogP contribution in [0.3, 0.4) is 0 Å². The Bertz CT molecular complexity index is 1100. The molecule has 36 heavy (non-hydrogen) atoms. The van der Waals surface area contributed by atoms with Gasteiger partial charge in [-0.05, 0) is 72.8 Å². The second-order valence-electron chi connectivity index (χ2n) is 9.10. The number of anilines is 1. The van der Waals surface area contributed by atoms with Crippen molar-refractivity contribution in [3.63, 3.8) is 0 Å². The van der Waals surface area contributed by atoms with Crippen LogP contribution in [0.4, 0.5) is 5.69 Å². The summed E-state index contributed by atoms with van der Waals surface area (Å²) >= 11 is 14.0. The van der Waals surface area contributed by atoms with Crippen molar-refractivity contribution in [1.29, 1.82) is 0 Å². The van der Waals surface area contributed by atoms with Gasteiger partial charge in [0, 0.05) is 56.3 Å². The number of methoxy groups -OCH3 is 1. The zero-order valence-corrected chi connectivity index (χ0v) is 23.0. The maximum Gasteiger partial charge on any atom is 0.254 e. The summed E-state index contributed by atoms with van der Waals surface area (Å²) in [6, 6.07) is 11.4. The first kappa shape index (κ1) is 26.7. The fraction of sp³-hybridized carbons (Fsp3) is 0.407. The van der Waals surface area contributed by atoms with E-state index in [1.165, 1.54) is 23.6 Å². The number of rotatable bonds is 10. The van der Waals surface area contributed by atoms with Crippen molar-refractivity contribution in [3.05, 3.63) is 74.7 Å². The number of benzene rings is 1. The van der Waals surface area contributed by atoms with Gasteiger partial charge in [-0.25, -0.2) is 0 Å². The van der Waals surface area contributed by atoms with Crippen LogP contribution in [-0.2, 0) is 6.54 Å². The lowest BCUT2D eigenvalue weighted by atomic mass is 9.99. The third-order valence-electron chi connectivity index (χ3n) is 6.83. The number of aromatic nitrogens is 1. The van der Waals surface area contributed by atoms with Gasteiger partial charge < -0.3 is 19.9 Å². The highest BCUT2D eigenvalue weighted by Gasteiger charge is 2.27. The number of nitrogens with one attached hydrogen (secondary N) is 1. The number of pyridine rings is 1. The molecule has 0 saturated carbocycles. The van der Waals surface area contributed by atoms with Gasteiger partial charge in [-0.15, -0.1) is 0 Å². The van der Waals surface area contributed by atoms with E-state index in [1.54, 1.807) is 18.4 Å². The molecule has 3 heterocycles. The van der Waals surface area contributed by atoms with Gasteiger partial charge in [-0.2, -0.15) is 11.3 Å². The Morgan fingerprint density at radius 2 is 1.89 bits per heavy atom. The maximum atomic E-state index is 12.5. The second-order valence-corrected chi connectivity index (χ2v) is 10.7. The first-order valence-electron chi connectivity index (χ1n) is 12.2. The predicted molar refractivity (Wildman–Crippen MR) is 149 cm³/mol. The average Bonchev–Trinajstić information content (AvgIpc) is 3.41. The van der Waals surface area contributed by atoms with E-state index in [2.05, 4.69) is 56.0 Å². The van der Waals surface area contributed by atoms with E-state index in [4.69, 9.17) is 27.9 Å². The summed E-state index contributed by atoms with van der Waals surface area (Å²) in [7, 11) is 1.70. The predicted octanol–water partition coefficient (Wildman–Crippen LogP) is 6.14. The standard InChI is InChI=1S/C27H32Cl2N4O2S/c1-19(7-11-31-27(34)26-24(28)15-30-16-25(26)29)32-12-8-22(9-13-32)33(17-20-10-14-36-18-20)21-3-5-23(35-2)6-4-21/h3-6,10,14-16,18-19,22H,7-9,11-13,17H2,1-2H3,(H,31,34).